The second kappa shape index (κ2) is 7.16. The lowest BCUT2D eigenvalue weighted by Crippen LogP contribution is -2.13. The topological polar surface area (TPSA) is 87.2 Å². The van der Waals surface area contributed by atoms with Gasteiger partial charge in [-0.1, -0.05) is 24.3 Å². The molecular formula is C18H15F4N3O3S. The van der Waals surface area contributed by atoms with Gasteiger partial charge in [0.25, 0.3) is 0 Å². The van der Waals surface area contributed by atoms with Gasteiger partial charge in [0.05, 0.1) is 12.0 Å². The van der Waals surface area contributed by atoms with E-state index in [-0.39, 0.29) is 22.6 Å². The second-order valence-corrected chi connectivity index (χ2v) is 7.61. The summed E-state index contributed by atoms with van der Waals surface area (Å²) in [5.41, 5.74) is -2.22. The van der Waals surface area contributed by atoms with Gasteiger partial charge in [-0.25, -0.2) is 17.9 Å². The van der Waals surface area contributed by atoms with Crippen LogP contribution in [0.5, 0.6) is 5.75 Å². The molecule has 3 rings (SSSR count). The first-order valence-corrected chi connectivity index (χ1v) is 9.60. The van der Waals surface area contributed by atoms with Crippen LogP contribution in [-0.4, -0.2) is 25.3 Å². The lowest BCUT2D eigenvalue weighted by molar-refractivity contribution is -0.143. The molecule has 0 aliphatic carbocycles. The van der Waals surface area contributed by atoms with Crippen LogP contribution in [0.1, 0.15) is 5.69 Å². The average molecular weight is 429 g/mol. The Balaban J connectivity index is 2.42. The predicted molar refractivity (Wildman–Crippen MR) is 97.0 cm³/mol. The van der Waals surface area contributed by atoms with Crippen molar-refractivity contribution < 1.29 is 30.7 Å². The highest BCUT2D eigenvalue weighted by atomic mass is 32.2. The number of benzene rings is 2. The van der Waals surface area contributed by atoms with Gasteiger partial charge in [0.2, 0.25) is 10.0 Å². The molecule has 0 spiro atoms. The number of methoxy groups -OCH3 is 1. The van der Waals surface area contributed by atoms with Gasteiger partial charge in [-0.3, -0.25) is 4.68 Å². The Kier molecular flexibility index (Phi) is 5.13. The molecule has 6 nitrogen and oxygen atoms in total. The van der Waals surface area contributed by atoms with E-state index >= 15 is 0 Å². The van der Waals surface area contributed by atoms with Crippen molar-refractivity contribution in [2.24, 2.45) is 12.2 Å². The Morgan fingerprint density at radius 1 is 1.14 bits per heavy atom. The number of rotatable bonds is 4. The van der Waals surface area contributed by atoms with Crippen LogP contribution in [0, 0.1) is 5.82 Å². The summed E-state index contributed by atoms with van der Waals surface area (Å²) in [6.07, 6.45) is -4.84. The molecule has 0 aliphatic rings. The number of nitrogens with zero attached hydrogens (tertiary/aromatic N) is 2. The fraction of sp³-hybridized carbons (Fsp3) is 0.167. The van der Waals surface area contributed by atoms with Crippen LogP contribution < -0.4 is 9.88 Å². The maximum atomic E-state index is 14.2. The quantitative estimate of drug-likeness (QED) is 0.643. The van der Waals surface area contributed by atoms with Crippen LogP contribution in [0.3, 0.4) is 0 Å². The normalized spacial score (nSPS) is 12.2. The summed E-state index contributed by atoms with van der Waals surface area (Å²) in [6, 6.07) is 8.53. The van der Waals surface area contributed by atoms with E-state index in [2.05, 4.69) is 5.10 Å². The zero-order valence-electron chi connectivity index (χ0n) is 15.2. The van der Waals surface area contributed by atoms with Crippen LogP contribution in [-0.2, 0) is 23.2 Å². The van der Waals surface area contributed by atoms with Gasteiger partial charge in [0.15, 0.2) is 17.3 Å². The first kappa shape index (κ1) is 20.8. The molecule has 2 N–H and O–H groups in total. The summed E-state index contributed by atoms with van der Waals surface area (Å²) in [6.45, 7) is 0. The number of aryl methyl sites for hydroxylation is 1. The summed E-state index contributed by atoms with van der Waals surface area (Å²) in [4.78, 5) is -0.401. The fourth-order valence-corrected chi connectivity index (χ4v) is 3.78. The number of hydrogen-bond acceptors (Lipinski definition) is 4. The molecule has 0 bridgehead atoms. The molecule has 2 aromatic carbocycles. The summed E-state index contributed by atoms with van der Waals surface area (Å²) in [7, 11) is -1.98. The zero-order chi connectivity index (χ0) is 21.6. The van der Waals surface area contributed by atoms with Crippen molar-refractivity contribution in [1.29, 1.82) is 0 Å². The minimum absolute atomic E-state index is 0.132. The van der Waals surface area contributed by atoms with E-state index in [9.17, 15) is 26.0 Å². The van der Waals surface area contributed by atoms with E-state index in [1.165, 1.54) is 37.4 Å². The van der Waals surface area contributed by atoms with Gasteiger partial charge in [-0.05, 0) is 23.8 Å². The molecule has 0 aliphatic heterocycles. The summed E-state index contributed by atoms with van der Waals surface area (Å²) in [5.74, 6) is -1.04. The van der Waals surface area contributed by atoms with E-state index in [0.29, 0.717) is 4.68 Å². The molecule has 0 radical (unpaired) electrons. The monoisotopic (exact) mass is 429 g/mol. The largest absolute Gasteiger partial charge is 0.494 e. The predicted octanol–water partition coefficient (Wildman–Crippen LogP) is 3.57. The molecule has 11 heteroatoms. The van der Waals surface area contributed by atoms with E-state index in [1.54, 1.807) is 0 Å². The number of halogens is 4. The number of sulfonamides is 1. The zero-order valence-corrected chi connectivity index (χ0v) is 16.0. The minimum Gasteiger partial charge on any atom is -0.494 e. The Bertz CT molecular complexity index is 1190. The third-order valence-corrected chi connectivity index (χ3v) is 5.17. The van der Waals surface area contributed by atoms with Gasteiger partial charge in [-0.15, -0.1) is 0 Å². The van der Waals surface area contributed by atoms with Crippen LogP contribution in [0.15, 0.2) is 47.4 Å². The van der Waals surface area contributed by atoms with Crippen molar-refractivity contribution in [3.63, 3.8) is 0 Å². The smallest absolute Gasteiger partial charge is 0.433 e. The Morgan fingerprint density at radius 2 is 1.79 bits per heavy atom. The lowest BCUT2D eigenvalue weighted by atomic mass is 9.98. The van der Waals surface area contributed by atoms with E-state index in [0.717, 1.165) is 19.2 Å². The highest BCUT2D eigenvalue weighted by molar-refractivity contribution is 7.89. The van der Waals surface area contributed by atoms with Crippen molar-refractivity contribution in [2.75, 3.05) is 7.11 Å². The maximum Gasteiger partial charge on any atom is 0.433 e. The lowest BCUT2D eigenvalue weighted by Gasteiger charge is -2.13. The average Bonchev–Trinajstić information content (AvgIpc) is 2.98. The van der Waals surface area contributed by atoms with Crippen LogP contribution in [0.2, 0.25) is 0 Å². The fourth-order valence-electron chi connectivity index (χ4n) is 3.04. The van der Waals surface area contributed by atoms with Crippen LogP contribution >= 0.6 is 0 Å². The molecule has 0 unspecified atom stereocenters. The number of aromatic nitrogens is 2. The number of hydrogen-bond donors (Lipinski definition) is 1. The molecule has 0 fully saturated rings. The van der Waals surface area contributed by atoms with Crippen LogP contribution in [0.4, 0.5) is 17.6 Å². The van der Waals surface area contributed by atoms with E-state index in [4.69, 9.17) is 9.88 Å². The first-order valence-electron chi connectivity index (χ1n) is 8.05. The minimum atomic E-state index is -4.84. The number of primary sulfonamides is 1. The summed E-state index contributed by atoms with van der Waals surface area (Å²) < 4.78 is 84.8. The third kappa shape index (κ3) is 3.83. The molecule has 1 aromatic heterocycles. The molecule has 29 heavy (non-hydrogen) atoms. The maximum absolute atomic E-state index is 14.2. The number of alkyl halides is 3. The van der Waals surface area contributed by atoms with E-state index < -0.39 is 38.2 Å². The third-order valence-electron chi connectivity index (χ3n) is 4.20. The Hall–Kier alpha value is -2.92. The van der Waals surface area contributed by atoms with Crippen molar-refractivity contribution >= 4 is 10.0 Å². The van der Waals surface area contributed by atoms with Gasteiger partial charge < -0.3 is 4.74 Å². The SMILES string of the molecule is COc1ccc(-c2c(-c3ccccc3S(N)(=O)=O)nn(C)c2C(F)(F)F)cc1F. The van der Waals surface area contributed by atoms with Crippen molar-refractivity contribution in [1.82, 2.24) is 9.78 Å². The molecular weight excluding hydrogens is 414 g/mol. The van der Waals surface area contributed by atoms with Crippen molar-refractivity contribution in [2.45, 2.75) is 11.1 Å². The highest BCUT2D eigenvalue weighted by Gasteiger charge is 2.40. The van der Waals surface area contributed by atoms with Gasteiger partial charge in [0, 0.05) is 18.2 Å². The highest BCUT2D eigenvalue weighted by Crippen LogP contribution is 2.44. The first-order chi connectivity index (χ1) is 13.4. The van der Waals surface area contributed by atoms with Crippen LogP contribution in [0.25, 0.3) is 22.4 Å². The number of ether oxygens (including phenoxy) is 1. The van der Waals surface area contributed by atoms with E-state index in [1.807, 2.05) is 0 Å². The molecule has 154 valence electrons. The Morgan fingerprint density at radius 3 is 2.34 bits per heavy atom. The van der Waals surface area contributed by atoms with Crippen molar-refractivity contribution in [3.05, 3.63) is 54.0 Å². The molecule has 0 saturated heterocycles. The molecule has 0 saturated carbocycles. The summed E-state index contributed by atoms with van der Waals surface area (Å²) >= 11 is 0. The van der Waals surface area contributed by atoms with Gasteiger partial charge in [0.1, 0.15) is 5.69 Å². The molecule has 3 aromatic rings. The molecule has 0 atom stereocenters. The standard InChI is InChI=1S/C18H15F4N3O3S/c1-25-17(18(20,21)22)15(10-7-8-13(28-2)12(19)9-10)16(24-25)11-5-3-4-6-14(11)29(23,26)27/h3-9H,1-2H3,(H2,23,26,27). The summed E-state index contributed by atoms with van der Waals surface area (Å²) in [5, 5.41) is 9.11. The van der Waals surface area contributed by atoms with Gasteiger partial charge >= 0.3 is 6.18 Å². The Labute approximate surface area is 163 Å². The number of nitrogens with two attached hydrogens (primary N) is 1. The molecule has 1 heterocycles. The van der Waals surface area contributed by atoms with Crippen molar-refractivity contribution in [3.8, 4) is 28.1 Å². The van der Waals surface area contributed by atoms with Gasteiger partial charge in [-0.2, -0.15) is 18.3 Å². The molecule has 0 amide bonds. The second-order valence-electron chi connectivity index (χ2n) is 6.08.